The quantitative estimate of drug-likeness (QED) is 0.757. The van der Waals surface area contributed by atoms with Crippen molar-refractivity contribution < 1.29 is 4.79 Å². The van der Waals surface area contributed by atoms with E-state index in [4.69, 9.17) is 4.98 Å². The van der Waals surface area contributed by atoms with E-state index in [1.165, 1.54) is 5.52 Å². The zero-order chi connectivity index (χ0) is 18.6. The second kappa shape index (κ2) is 7.78. The van der Waals surface area contributed by atoms with Gasteiger partial charge in [0.25, 0.3) is 0 Å². The van der Waals surface area contributed by atoms with Gasteiger partial charge in [-0.15, -0.1) is 0 Å². The second-order valence-corrected chi connectivity index (χ2v) is 6.99. The van der Waals surface area contributed by atoms with Crippen LogP contribution in [0.2, 0.25) is 0 Å². The van der Waals surface area contributed by atoms with Gasteiger partial charge in [-0.2, -0.15) is 0 Å². The van der Waals surface area contributed by atoms with Gasteiger partial charge in [0.05, 0.1) is 11.0 Å². The highest BCUT2D eigenvalue weighted by Gasteiger charge is 2.27. The summed E-state index contributed by atoms with van der Waals surface area (Å²) in [4.78, 5) is 23.7. The Morgan fingerprint density at radius 2 is 2.00 bits per heavy atom. The van der Waals surface area contributed by atoms with E-state index >= 15 is 0 Å². The number of imidazole rings is 1. The van der Waals surface area contributed by atoms with E-state index in [-0.39, 0.29) is 11.8 Å². The Kier molecular flexibility index (Phi) is 5.05. The number of para-hydroxylation sites is 2. The number of carbonyl (C=O) groups excluding carboxylic acids is 1. The van der Waals surface area contributed by atoms with Crippen molar-refractivity contribution in [2.24, 2.45) is 5.92 Å². The van der Waals surface area contributed by atoms with E-state index in [0.717, 1.165) is 49.5 Å². The molecule has 0 radical (unpaired) electrons. The molecule has 0 bridgehead atoms. The van der Waals surface area contributed by atoms with Crippen molar-refractivity contribution in [3.63, 3.8) is 0 Å². The van der Waals surface area contributed by atoms with Gasteiger partial charge in [-0.3, -0.25) is 9.78 Å². The summed E-state index contributed by atoms with van der Waals surface area (Å²) >= 11 is 0. The lowest BCUT2D eigenvalue weighted by molar-refractivity contribution is -0.125. The van der Waals surface area contributed by atoms with E-state index in [0.29, 0.717) is 6.54 Å². The third-order valence-electron chi connectivity index (χ3n) is 5.29. The Bertz CT molecular complexity index is 913. The number of rotatable bonds is 5. The first-order valence-electron chi connectivity index (χ1n) is 9.63. The molecule has 1 aliphatic rings. The van der Waals surface area contributed by atoms with Gasteiger partial charge in [-0.25, -0.2) is 4.98 Å². The molecule has 0 aliphatic carbocycles. The van der Waals surface area contributed by atoms with Crippen LogP contribution in [0.15, 0.2) is 48.8 Å². The monoisotopic (exact) mass is 363 g/mol. The third-order valence-corrected chi connectivity index (χ3v) is 5.29. The summed E-state index contributed by atoms with van der Waals surface area (Å²) in [6.07, 6.45) is 5.24. The molecule has 0 spiro atoms. The molecule has 1 amide bonds. The molecule has 1 N–H and O–H groups in total. The van der Waals surface area contributed by atoms with E-state index in [1.807, 2.05) is 18.2 Å². The lowest BCUT2D eigenvalue weighted by atomic mass is 9.96. The molecule has 1 fully saturated rings. The normalized spacial score (nSPS) is 15.2. The van der Waals surface area contributed by atoms with Crippen LogP contribution in [0, 0.1) is 5.92 Å². The number of pyridine rings is 1. The summed E-state index contributed by atoms with van der Waals surface area (Å²) in [5.74, 6) is 1.23. The number of nitrogens with zero attached hydrogens (tertiary/aromatic N) is 4. The first-order chi connectivity index (χ1) is 13.3. The minimum absolute atomic E-state index is 0.0670. The summed E-state index contributed by atoms with van der Waals surface area (Å²) < 4.78 is 2.26. The molecule has 6 nitrogen and oxygen atoms in total. The number of nitrogens with one attached hydrogen (secondary N) is 1. The summed E-state index contributed by atoms with van der Waals surface area (Å²) in [5, 5.41) is 3.05. The van der Waals surface area contributed by atoms with Crippen molar-refractivity contribution >= 4 is 22.9 Å². The van der Waals surface area contributed by atoms with Gasteiger partial charge in [0.1, 0.15) is 0 Å². The molecular formula is C21H25N5O. The van der Waals surface area contributed by atoms with Gasteiger partial charge < -0.3 is 14.8 Å². The highest BCUT2D eigenvalue weighted by atomic mass is 16.1. The molecule has 4 rings (SSSR count). The number of carbonyl (C=O) groups is 1. The van der Waals surface area contributed by atoms with E-state index < -0.39 is 0 Å². The molecule has 3 aromatic rings. The summed E-state index contributed by atoms with van der Waals surface area (Å²) in [6.45, 7) is 5.29. The summed E-state index contributed by atoms with van der Waals surface area (Å²) in [5.41, 5.74) is 3.23. The number of benzene rings is 1. The van der Waals surface area contributed by atoms with Crippen molar-refractivity contribution in [2.45, 2.75) is 32.9 Å². The van der Waals surface area contributed by atoms with Gasteiger partial charge in [0, 0.05) is 44.5 Å². The minimum Gasteiger partial charge on any atom is -0.352 e. The first kappa shape index (κ1) is 17.5. The second-order valence-electron chi connectivity index (χ2n) is 6.99. The highest BCUT2D eigenvalue weighted by Crippen LogP contribution is 2.27. The van der Waals surface area contributed by atoms with E-state index in [2.05, 4.69) is 44.9 Å². The molecule has 1 saturated heterocycles. The number of hydrogen-bond donors (Lipinski definition) is 1. The van der Waals surface area contributed by atoms with Crippen molar-refractivity contribution in [1.82, 2.24) is 19.9 Å². The molecule has 140 valence electrons. The number of anilines is 1. The van der Waals surface area contributed by atoms with E-state index in [9.17, 15) is 4.79 Å². The lowest BCUT2D eigenvalue weighted by Crippen LogP contribution is -2.41. The molecular weight excluding hydrogens is 338 g/mol. The maximum atomic E-state index is 12.5. The predicted octanol–water partition coefficient (Wildman–Crippen LogP) is 2.98. The summed E-state index contributed by atoms with van der Waals surface area (Å²) in [6, 6.07) is 12.1. The van der Waals surface area contributed by atoms with Gasteiger partial charge in [-0.1, -0.05) is 18.2 Å². The van der Waals surface area contributed by atoms with Gasteiger partial charge >= 0.3 is 0 Å². The van der Waals surface area contributed by atoms with Crippen molar-refractivity contribution in [2.75, 3.05) is 18.0 Å². The fourth-order valence-electron chi connectivity index (χ4n) is 3.79. The lowest BCUT2D eigenvalue weighted by Gasteiger charge is -2.32. The Labute approximate surface area is 159 Å². The van der Waals surface area contributed by atoms with Crippen LogP contribution in [0.5, 0.6) is 0 Å². The number of aromatic nitrogens is 3. The SMILES string of the molecule is CCn1c(N2CCC(C(=O)NCc3cccnc3)CC2)nc2ccccc21. The van der Waals surface area contributed by atoms with Crippen LogP contribution < -0.4 is 10.2 Å². The Hall–Kier alpha value is -2.89. The average molecular weight is 363 g/mol. The fourth-order valence-corrected chi connectivity index (χ4v) is 3.79. The summed E-state index contributed by atoms with van der Waals surface area (Å²) in [7, 11) is 0. The molecule has 6 heteroatoms. The number of amides is 1. The van der Waals surface area contributed by atoms with E-state index in [1.54, 1.807) is 12.4 Å². The van der Waals surface area contributed by atoms with Gasteiger partial charge in [-0.05, 0) is 43.5 Å². The maximum absolute atomic E-state index is 12.5. The van der Waals surface area contributed by atoms with Gasteiger partial charge in [0.2, 0.25) is 11.9 Å². The Morgan fingerprint density at radius 1 is 1.19 bits per heavy atom. The molecule has 3 heterocycles. The van der Waals surface area contributed by atoms with Crippen molar-refractivity contribution in [1.29, 1.82) is 0 Å². The third kappa shape index (κ3) is 3.65. The number of hydrogen-bond acceptors (Lipinski definition) is 4. The number of piperidine rings is 1. The molecule has 0 atom stereocenters. The predicted molar refractivity (Wildman–Crippen MR) is 106 cm³/mol. The zero-order valence-corrected chi connectivity index (χ0v) is 15.6. The molecule has 0 unspecified atom stereocenters. The average Bonchev–Trinajstić information content (AvgIpc) is 3.11. The molecule has 1 aromatic carbocycles. The van der Waals surface area contributed by atoms with Crippen LogP contribution in [-0.4, -0.2) is 33.5 Å². The number of fused-ring (bicyclic) bond motifs is 1. The molecule has 2 aromatic heterocycles. The van der Waals surface area contributed by atoms with Crippen LogP contribution in [0.25, 0.3) is 11.0 Å². The molecule has 0 saturated carbocycles. The Balaban J connectivity index is 1.38. The fraction of sp³-hybridized carbons (Fsp3) is 0.381. The Morgan fingerprint density at radius 3 is 2.74 bits per heavy atom. The highest BCUT2D eigenvalue weighted by molar-refractivity contribution is 5.80. The molecule has 27 heavy (non-hydrogen) atoms. The standard InChI is InChI=1S/C21H25N5O/c1-2-26-19-8-4-3-7-18(19)24-21(26)25-12-9-17(10-13-25)20(27)23-15-16-6-5-11-22-14-16/h3-8,11,14,17H,2,9-10,12-13,15H2,1H3,(H,23,27). The van der Waals surface area contributed by atoms with Crippen LogP contribution in [-0.2, 0) is 17.9 Å². The van der Waals surface area contributed by atoms with Crippen LogP contribution in [0.1, 0.15) is 25.3 Å². The van der Waals surface area contributed by atoms with Crippen LogP contribution >= 0.6 is 0 Å². The molecule has 1 aliphatic heterocycles. The zero-order valence-electron chi connectivity index (χ0n) is 15.6. The van der Waals surface area contributed by atoms with Crippen LogP contribution in [0.3, 0.4) is 0 Å². The number of aryl methyl sites for hydroxylation is 1. The van der Waals surface area contributed by atoms with Crippen molar-refractivity contribution in [3.8, 4) is 0 Å². The van der Waals surface area contributed by atoms with Gasteiger partial charge in [0.15, 0.2) is 0 Å². The van der Waals surface area contributed by atoms with Crippen LogP contribution in [0.4, 0.5) is 5.95 Å². The smallest absolute Gasteiger partial charge is 0.223 e. The maximum Gasteiger partial charge on any atom is 0.223 e. The first-order valence-corrected chi connectivity index (χ1v) is 9.63. The van der Waals surface area contributed by atoms with Crippen molar-refractivity contribution in [3.05, 3.63) is 54.4 Å². The minimum atomic E-state index is 0.0670. The largest absolute Gasteiger partial charge is 0.352 e. The topological polar surface area (TPSA) is 63.1 Å².